The van der Waals surface area contributed by atoms with Crippen molar-refractivity contribution in [2.45, 2.75) is 51.9 Å². The molecule has 0 spiro atoms. The molecule has 2 heterocycles. The predicted molar refractivity (Wildman–Crippen MR) is 123 cm³/mol. The number of aromatic nitrogens is 1. The number of nitrogens with zero attached hydrogens (tertiary/aromatic N) is 1. The summed E-state index contributed by atoms with van der Waals surface area (Å²) in [6, 6.07) is 6.46. The van der Waals surface area contributed by atoms with Crippen LogP contribution in [-0.2, 0) is 16.1 Å². The Balaban J connectivity index is 1.53. The Labute approximate surface area is 197 Å². The van der Waals surface area contributed by atoms with Crippen LogP contribution in [0, 0.1) is 29.5 Å². The highest BCUT2D eigenvalue weighted by atomic mass is 35.5. The lowest BCUT2D eigenvalue weighted by Crippen LogP contribution is -2.47. The summed E-state index contributed by atoms with van der Waals surface area (Å²) >= 11 is 6.33. The number of hydrogen-bond acceptors (Lipinski definition) is 4. The summed E-state index contributed by atoms with van der Waals surface area (Å²) in [4.78, 5) is 28.7. The lowest BCUT2D eigenvalue weighted by Gasteiger charge is -2.33. The molecule has 1 saturated carbocycles. The van der Waals surface area contributed by atoms with Gasteiger partial charge in [0.15, 0.2) is 0 Å². The average Bonchev–Trinajstić information content (AvgIpc) is 3.61. The fraction of sp³-hybridized carbons (Fsp3) is 0.400. The van der Waals surface area contributed by atoms with Crippen molar-refractivity contribution in [3.05, 3.63) is 63.7 Å². The first-order valence-electron chi connectivity index (χ1n) is 11.1. The second-order valence-electron chi connectivity index (χ2n) is 8.75. The second kappa shape index (κ2) is 9.90. The van der Waals surface area contributed by atoms with Crippen LogP contribution in [0.15, 0.2) is 30.5 Å². The van der Waals surface area contributed by atoms with Crippen molar-refractivity contribution >= 4 is 23.4 Å². The lowest BCUT2D eigenvalue weighted by molar-refractivity contribution is -0.125. The van der Waals surface area contributed by atoms with Gasteiger partial charge in [0.25, 0.3) is 0 Å². The maximum atomic E-state index is 15.4. The maximum Gasteiger partial charge on any atom is 0.223 e. The van der Waals surface area contributed by atoms with Gasteiger partial charge in [0.1, 0.15) is 17.7 Å². The quantitative estimate of drug-likeness (QED) is 0.583. The molecule has 1 aliphatic heterocycles. The summed E-state index contributed by atoms with van der Waals surface area (Å²) in [5.41, 5.74) is 1.93. The van der Waals surface area contributed by atoms with Gasteiger partial charge in [-0.15, -0.1) is 0 Å². The number of benzene rings is 1. The van der Waals surface area contributed by atoms with Crippen LogP contribution in [0.25, 0.3) is 0 Å². The Morgan fingerprint density at radius 3 is 2.76 bits per heavy atom. The van der Waals surface area contributed by atoms with E-state index in [0.29, 0.717) is 17.2 Å². The van der Waals surface area contributed by atoms with Gasteiger partial charge in [-0.3, -0.25) is 14.9 Å². The molecule has 4 rings (SSSR count). The molecule has 1 aromatic heterocycles. The van der Waals surface area contributed by atoms with E-state index in [-0.39, 0.29) is 47.3 Å². The zero-order chi connectivity index (χ0) is 23.5. The van der Waals surface area contributed by atoms with Crippen molar-refractivity contribution in [1.29, 1.82) is 0 Å². The minimum Gasteiger partial charge on any atom is -0.352 e. The van der Waals surface area contributed by atoms with Gasteiger partial charge in [0.2, 0.25) is 11.8 Å². The van der Waals surface area contributed by atoms with Crippen LogP contribution in [0.3, 0.4) is 0 Å². The molecule has 0 bridgehead atoms. The highest BCUT2D eigenvalue weighted by Gasteiger charge is 2.31. The first-order valence-corrected chi connectivity index (χ1v) is 11.5. The van der Waals surface area contributed by atoms with E-state index in [9.17, 15) is 9.59 Å². The number of carbonyl (C=O) groups excluding carboxylic acids is 2. The molecular weight excluding hydrogens is 443 g/mol. The molecule has 2 unspecified atom stereocenters. The van der Waals surface area contributed by atoms with E-state index in [0.717, 1.165) is 18.4 Å². The van der Waals surface area contributed by atoms with E-state index in [2.05, 4.69) is 32.8 Å². The third kappa shape index (κ3) is 5.70. The van der Waals surface area contributed by atoms with Crippen molar-refractivity contribution in [2.24, 2.45) is 11.8 Å². The van der Waals surface area contributed by atoms with E-state index in [1.54, 1.807) is 26.1 Å². The SMILES string of the molecule is CC(C)C(=O)NCc1ccc(Cl)c(C2NC(=O)CC(c3ccc(C#CC4CC4)nc3)N2)c1F. The van der Waals surface area contributed by atoms with Crippen molar-refractivity contribution in [1.82, 2.24) is 20.9 Å². The Morgan fingerprint density at radius 2 is 2.09 bits per heavy atom. The van der Waals surface area contributed by atoms with Crippen LogP contribution < -0.4 is 16.0 Å². The number of carbonyl (C=O) groups is 2. The van der Waals surface area contributed by atoms with Crippen molar-refractivity contribution in [2.75, 3.05) is 0 Å². The molecule has 2 aromatic rings. The molecule has 3 N–H and O–H groups in total. The second-order valence-corrected chi connectivity index (χ2v) is 9.16. The fourth-order valence-corrected chi connectivity index (χ4v) is 3.82. The zero-order valence-corrected chi connectivity index (χ0v) is 19.3. The van der Waals surface area contributed by atoms with Crippen LogP contribution >= 0.6 is 11.6 Å². The predicted octanol–water partition coefficient (Wildman–Crippen LogP) is 3.76. The smallest absolute Gasteiger partial charge is 0.223 e. The highest BCUT2D eigenvalue weighted by Crippen LogP contribution is 2.32. The van der Waals surface area contributed by atoms with Gasteiger partial charge in [-0.1, -0.05) is 43.5 Å². The van der Waals surface area contributed by atoms with Gasteiger partial charge in [-0.05, 0) is 36.5 Å². The molecule has 8 heteroatoms. The molecule has 2 atom stereocenters. The van der Waals surface area contributed by atoms with Crippen LogP contribution in [-0.4, -0.2) is 16.8 Å². The van der Waals surface area contributed by atoms with Crippen molar-refractivity contribution in [3.63, 3.8) is 0 Å². The van der Waals surface area contributed by atoms with Crippen LogP contribution in [0.5, 0.6) is 0 Å². The molecule has 6 nitrogen and oxygen atoms in total. The minimum absolute atomic E-state index is 0.0321. The van der Waals surface area contributed by atoms with E-state index in [1.165, 1.54) is 6.07 Å². The molecule has 2 amide bonds. The van der Waals surface area contributed by atoms with Crippen molar-refractivity contribution in [3.8, 4) is 11.8 Å². The Hall–Kier alpha value is -2.95. The first kappa shape index (κ1) is 23.2. The number of amides is 2. The third-order valence-electron chi connectivity index (χ3n) is 5.71. The van der Waals surface area contributed by atoms with Gasteiger partial charge in [0, 0.05) is 48.2 Å². The van der Waals surface area contributed by atoms with Gasteiger partial charge in [-0.2, -0.15) is 0 Å². The minimum atomic E-state index is -0.821. The van der Waals surface area contributed by atoms with E-state index in [4.69, 9.17) is 11.6 Å². The summed E-state index contributed by atoms with van der Waals surface area (Å²) in [5, 5.41) is 8.94. The lowest BCUT2D eigenvalue weighted by atomic mass is 9.99. The molecule has 1 aliphatic carbocycles. The normalized spacial score (nSPS) is 20.1. The van der Waals surface area contributed by atoms with Gasteiger partial charge >= 0.3 is 0 Å². The zero-order valence-electron chi connectivity index (χ0n) is 18.5. The summed E-state index contributed by atoms with van der Waals surface area (Å²) in [5.74, 6) is 5.56. The maximum absolute atomic E-state index is 15.4. The molecule has 0 radical (unpaired) electrons. The highest BCUT2D eigenvalue weighted by molar-refractivity contribution is 6.31. The Kier molecular flexibility index (Phi) is 6.96. The molecular formula is C25H26ClFN4O2. The largest absolute Gasteiger partial charge is 0.352 e. The average molecular weight is 469 g/mol. The summed E-state index contributed by atoms with van der Waals surface area (Å²) < 4.78 is 15.4. The number of rotatable bonds is 5. The fourth-order valence-electron chi connectivity index (χ4n) is 3.57. The summed E-state index contributed by atoms with van der Waals surface area (Å²) in [7, 11) is 0. The standard InChI is InChI=1S/C25H26ClFN4O2/c1-14(2)25(33)29-13-17-7-10-19(26)22(23(17)27)24-30-20(11-21(32)31-24)16-6-9-18(28-12-16)8-5-15-3-4-15/h6-7,9-10,12,14-15,20,24,30H,3-4,11,13H2,1-2H3,(H,29,33)(H,31,32). The Bertz CT molecular complexity index is 1120. The summed E-state index contributed by atoms with van der Waals surface area (Å²) in [6.45, 7) is 3.56. The van der Waals surface area contributed by atoms with Gasteiger partial charge < -0.3 is 10.6 Å². The number of nitrogens with one attached hydrogen (secondary N) is 3. The molecule has 2 fully saturated rings. The van der Waals surface area contributed by atoms with E-state index in [1.807, 2.05) is 12.1 Å². The third-order valence-corrected chi connectivity index (χ3v) is 6.04. The Morgan fingerprint density at radius 1 is 1.30 bits per heavy atom. The first-order chi connectivity index (χ1) is 15.8. The van der Waals surface area contributed by atoms with Crippen LogP contribution in [0.1, 0.15) is 67.7 Å². The molecule has 1 aromatic carbocycles. The van der Waals surface area contributed by atoms with Crippen LogP contribution in [0.2, 0.25) is 5.02 Å². The number of halogens is 2. The monoisotopic (exact) mass is 468 g/mol. The molecule has 2 aliphatic rings. The topological polar surface area (TPSA) is 83.1 Å². The molecule has 1 saturated heterocycles. The molecule has 33 heavy (non-hydrogen) atoms. The van der Waals surface area contributed by atoms with E-state index < -0.39 is 12.0 Å². The summed E-state index contributed by atoms with van der Waals surface area (Å²) in [6.07, 6.45) is 3.36. The van der Waals surface area contributed by atoms with E-state index >= 15 is 4.39 Å². The van der Waals surface area contributed by atoms with Gasteiger partial charge in [0.05, 0.1) is 5.02 Å². The van der Waals surface area contributed by atoms with Gasteiger partial charge in [-0.25, -0.2) is 9.37 Å². The van der Waals surface area contributed by atoms with Crippen LogP contribution in [0.4, 0.5) is 4.39 Å². The van der Waals surface area contributed by atoms with Crippen molar-refractivity contribution < 1.29 is 14.0 Å². The number of pyridine rings is 1. The molecule has 172 valence electrons. The number of hydrogen-bond donors (Lipinski definition) is 3.